The zero-order chi connectivity index (χ0) is 16.2. The molecule has 0 radical (unpaired) electrons. The van der Waals surface area contributed by atoms with Crippen molar-refractivity contribution in [1.82, 2.24) is 14.8 Å². The zero-order valence-corrected chi connectivity index (χ0v) is 14.3. The number of furan rings is 1. The molecule has 3 rings (SSSR count). The van der Waals surface area contributed by atoms with E-state index in [4.69, 9.17) is 4.42 Å². The predicted molar refractivity (Wildman–Crippen MR) is 91.2 cm³/mol. The van der Waals surface area contributed by atoms with Gasteiger partial charge in [0, 0.05) is 44.2 Å². The Bertz CT molecular complexity index is 696. The van der Waals surface area contributed by atoms with E-state index in [1.165, 1.54) is 0 Å². The van der Waals surface area contributed by atoms with E-state index in [0.29, 0.717) is 5.76 Å². The molecule has 2 aromatic heterocycles. The van der Waals surface area contributed by atoms with E-state index in [1.54, 1.807) is 23.5 Å². The van der Waals surface area contributed by atoms with Crippen LogP contribution < -0.4 is 0 Å². The monoisotopic (exact) mass is 331 g/mol. The van der Waals surface area contributed by atoms with Crippen LogP contribution >= 0.6 is 11.3 Å². The molecule has 0 saturated carbocycles. The Labute approximate surface area is 140 Å². The highest BCUT2D eigenvalue weighted by Gasteiger charge is 2.20. The maximum atomic E-state index is 12.2. The van der Waals surface area contributed by atoms with E-state index in [-0.39, 0.29) is 5.91 Å². The van der Waals surface area contributed by atoms with Gasteiger partial charge in [0.15, 0.2) is 0 Å². The first-order valence-electron chi connectivity index (χ1n) is 7.77. The molecule has 23 heavy (non-hydrogen) atoms. The first-order valence-corrected chi connectivity index (χ1v) is 8.65. The highest BCUT2D eigenvalue weighted by molar-refractivity contribution is 7.09. The Morgan fingerprint density at radius 3 is 2.70 bits per heavy atom. The Morgan fingerprint density at radius 2 is 2.09 bits per heavy atom. The van der Waals surface area contributed by atoms with Crippen LogP contribution in [0, 0.1) is 13.8 Å². The summed E-state index contributed by atoms with van der Waals surface area (Å²) in [5.74, 6) is 1.61. The van der Waals surface area contributed by atoms with Gasteiger partial charge in [-0.2, -0.15) is 0 Å². The van der Waals surface area contributed by atoms with Crippen LogP contribution in [0.25, 0.3) is 6.08 Å². The van der Waals surface area contributed by atoms with Crippen LogP contribution in [0.5, 0.6) is 0 Å². The largest absolute Gasteiger partial charge is 0.462 e. The molecule has 1 aliphatic rings. The predicted octanol–water partition coefficient (Wildman–Crippen LogP) is 2.71. The molecule has 0 aliphatic carbocycles. The summed E-state index contributed by atoms with van der Waals surface area (Å²) < 4.78 is 5.43. The van der Waals surface area contributed by atoms with Crippen molar-refractivity contribution in [3.05, 3.63) is 45.8 Å². The van der Waals surface area contributed by atoms with Crippen LogP contribution in [0.4, 0.5) is 0 Å². The molecule has 122 valence electrons. The van der Waals surface area contributed by atoms with Crippen LogP contribution in [0.1, 0.15) is 22.2 Å². The van der Waals surface area contributed by atoms with Gasteiger partial charge in [-0.25, -0.2) is 4.98 Å². The number of aromatic nitrogens is 1. The molecule has 0 atom stereocenters. The number of nitrogens with zero attached hydrogens (tertiary/aromatic N) is 3. The number of thiazole rings is 1. The van der Waals surface area contributed by atoms with Gasteiger partial charge in [0.25, 0.3) is 0 Å². The minimum Gasteiger partial charge on any atom is -0.462 e. The van der Waals surface area contributed by atoms with E-state index >= 15 is 0 Å². The second-order valence-electron chi connectivity index (χ2n) is 5.74. The first-order chi connectivity index (χ1) is 11.1. The second kappa shape index (κ2) is 7.10. The lowest BCUT2D eigenvalue weighted by molar-refractivity contribution is -0.127. The molecule has 5 nitrogen and oxygen atoms in total. The summed E-state index contributed by atoms with van der Waals surface area (Å²) in [4.78, 5) is 20.9. The van der Waals surface area contributed by atoms with Crippen LogP contribution in [-0.2, 0) is 11.3 Å². The molecule has 1 fully saturated rings. The SMILES string of the molecule is Cc1ccc(/C=C/C(=O)N2CCN(Cc3csc(C)n3)CC2)o1. The lowest BCUT2D eigenvalue weighted by Crippen LogP contribution is -2.47. The van der Waals surface area contributed by atoms with Crippen LogP contribution in [-0.4, -0.2) is 46.9 Å². The quantitative estimate of drug-likeness (QED) is 0.808. The number of aryl methyl sites for hydroxylation is 2. The normalized spacial score (nSPS) is 16.3. The fourth-order valence-corrected chi connectivity index (χ4v) is 3.24. The number of amides is 1. The summed E-state index contributed by atoms with van der Waals surface area (Å²) in [7, 11) is 0. The van der Waals surface area contributed by atoms with Crippen molar-refractivity contribution in [2.24, 2.45) is 0 Å². The lowest BCUT2D eigenvalue weighted by atomic mass is 10.2. The van der Waals surface area contributed by atoms with Crippen LogP contribution in [0.3, 0.4) is 0 Å². The number of rotatable bonds is 4. The van der Waals surface area contributed by atoms with Crippen molar-refractivity contribution >= 4 is 23.3 Å². The third kappa shape index (κ3) is 4.30. The van der Waals surface area contributed by atoms with Gasteiger partial charge in [0.05, 0.1) is 10.7 Å². The fourth-order valence-electron chi connectivity index (χ4n) is 2.64. The summed E-state index contributed by atoms with van der Waals surface area (Å²) in [6.07, 6.45) is 3.33. The van der Waals surface area contributed by atoms with Gasteiger partial charge < -0.3 is 9.32 Å². The summed E-state index contributed by atoms with van der Waals surface area (Å²) in [6, 6.07) is 3.76. The maximum Gasteiger partial charge on any atom is 0.246 e. The minimum atomic E-state index is 0.0446. The number of carbonyl (C=O) groups excluding carboxylic acids is 1. The van der Waals surface area contributed by atoms with Crippen molar-refractivity contribution in [2.75, 3.05) is 26.2 Å². The van der Waals surface area contributed by atoms with Gasteiger partial charge in [0.1, 0.15) is 11.5 Å². The molecule has 0 bridgehead atoms. The molecule has 0 spiro atoms. The summed E-state index contributed by atoms with van der Waals surface area (Å²) in [6.45, 7) is 8.06. The number of hydrogen-bond acceptors (Lipinski definition) is 5. The average Bonchev–Trinajstić information content (AvgIpc) is 3.14. The molecule has 6 heteroatoms. The minimum absolute atomic E-state index is 0.0446. The molecule has 1 saturated heterocycles. The van der Waals surface area contributed by atoms with Crippen LogP contribution in [0.15, 0.2) is 28.0 Å². The molecular formula is C17H21N3O2S. The van der Waals surface area contributed by atoms with Crippen molar-refractivity contribution < 1.29 is 9.21 Å². The standard InChI is InChI=1S/C17H21N3O2S/c1-13-3-4-16(22-13)5-6-17(21)20-9-7-19(8-10-20)11-15-12-23-14(2)18-15/h3-6,12H,7-11H2,1-2H3/b6-5+. The van der Waals surface area contributed by atoms with Gasteiger partial charge >= 0.3 is 0 Å². The van der Waals surface area contributed by atoms with E-state index in [0.717, 1.165) is 49.2 Å². The second-order valence-corrected chi connectivity index (χ2v) is 6.80. The highest BCUT2D eigenvalue weighted by Crippen LogP contribution is 2.13. The Balaban J connectivity index is 1.48. The van der Waals surface area contributed by atoms with Crippen molar-refractivity contribution in [3.63, 3.8) is 0 Å². The number of carbonyl (C=O) groups is 1. The van der Waals surface area contributed by atoms with Gasteiger partial charge in [0.2, 0.25) is 5.91 Å². The molecular weight excluding hydrogens is 310 g/mol. The lowest BCUT2D eigenvalue weighted by Gasteiger charge is -2.33. The van der Waals surface area contributed by atoms with Crippen LogP contribution in [0.2, 0.25) is 0 Å². The molecule has 1 amide bonds. The maximum absolute atomic E-state index is 12.2. The van der Waals surface area contributed by atoms with E-state index in [1.807, 2.05) is 30.9 Å². The van der Waals surface area contributed by atoms with Crippen molar-refractivity contribution in [3.8, 4) is 0 Å². The Hall–Kier alpha value is -1.92. The molecule has 0 N–H and O–H groups in total. The molecule has 2 aromatic rings. The van der Waals surface area contributed by atoms with Gasteiger partial charge in [-0.05, 0) is 32.1 Å². The summed E-state index contributed by atoms with van der Waals surface area (Å²) in [5.41, 5.74) is 1.13. The van der Waals surface area contributed by atoms with Gasteiger partial charge in [-0.3, -0.25) is 9.69 Å². The van der Waals surface area contributed by atoms with Crippen molar-refractivity contribution in [1.29, 1.82) is 0 Å². The number of piperazine rings is 1. The Kier molecular flexibility index (Phi) is 4.93. The molecule has 3 heterocycles. The number of hydrogen-bond donors (Lipinski definition) is 0. The molecule has 1 aliphatic heterocycles. The summed E-state index contributed by atoms with van der Waals surface area (Å²) in [5, 5.41) is 3.22. The van der Waals surface area contributed by atoms with Gasteiger partial charge in [-0.1, -0.05) is 0 Å². The first kappa shape index (κ1) is 16.0. The van der Waals surface area contributed by atoms with E-state index < -0.39 is 0 Å². The highest BCUT2D eigenvalue weighted by atomic mass is 32.1. The average molecular weight is 331 g/mol. The third-order valence-corrected chi connectivity index (χ3v) is 4.71. The zero-order valence-electron chi connectivity index (χ0n) is 13.5. The van der Waals surface area contributed by atoms with E-state index in [9.17, 15) is 4.79 Å². The summed E-state index contributed by atoms with van der Waals surface area (Å²) >= 11 is 1.68. The molecule has 0 unspecified atom stereocenters. The topological polar surface area (TPSA) is 49.6 Å². The smallest absolute Gasteiger partial charge is 0.246 e. The molecule has 0 aromatic carbocycles. The van der Waals surface area contributed by atoms with Gasteiger partial charge in [-0.15, -0.1) is 11.3 Å². The third-order valence-electron chi connectivity index (χ3n) is 3.89. The van der Waals surface area contributed by atoms with Crippen molar-refractivity contribution in [2.45, 2.75) is 20.4 Å². The Morgan fingerprint density at radius 1 is 1.30 bits per heavy atom. The van der Waals surface area contributed by atoms with E-state index in [2.05, 4.69) is 15.3 Å². The fraction of sp³-hybridized carbons (Fsp3) is 0.412.